The molecule has 1 aliphatic heterocycles. The van der Waals surface area contributed by atoms with Crippen LogP contribution in [0.2, 0.25) is 0 Å². The summed E-state index contributed by atoms with van der Waals surface area (Å²) >= 11 is 0. The molecule has 3 aromatic carbocycles. The third-order valence-electron chi connectivity index (χ3n) is 6.20. The molecule has 1 fully saturated rings. The zero-order valence-electron chi connectivity index (χ0n) is 21.0. The normalized spacial score (nSPS) is 15.1. The van der Waals surface area contributed by atoms with Gasteiger partial charge in [-0.15, -0.1) is 0 Å². The molecule has 192 valence electrons. The minimum atomic E-state index is -0.939. The van der Waals surface area contributed by atoms with Crippen LogP contribution in [0.25, 0.3) is 0 Å². The lowest BCUT2D eigenvalue weighted by molar-refractivity contribution is -0.124. The average Bonchev–Trinajstić information content (AvgIpc) is 3.16. The van der Waals surface area contributed by atoms with Crippen molar-refractivity contribution in [3.8, 4) is 17.2 Å². The monoisotopic (exact) mass is 503 g/mol. The standard InChI is InChI=1S/C28H29N3O6/c1-35-22-10-4-19(5-11-22)16-17-30-25(18-26(32)29-20-6-12-23(36-2)13-7-20)27(33)31(28(30)34)21-8-14-24(37-3)15-9-21/h4-15,25H,16-18H2,1-3H3,(H,29,32)/t25-/m1/s1. The molecule has 1 aliphatic rings. The highest BCUT2D eigenvalue weighted by atomic mass is 16.5. The molecule has 4 amide bonds. The van der Waals surface area contributed by atoms with Gasteiger partial charge >= 0.3 is 6.03 Å². The van der Waals surface area contributed by atoms with E-state index in [1.54, 1.807) is 69.9 Å². The lowest BCUT2D eigenvalue weighted by Crippen LogP contribution is -2.39. The second-order valence-corrected chi connectivity index (χ2v) is 8.44. The van der Waals surface area contributed by atoms with Crippen molar-refractivity contribution in [2.45, 2.75) is 18.9 Å². The molecule has 1 saturated heterocycles. The van der Waals surface area contributed by atoms with Crippen molar-refractivity contribution in [3.05, 3.63) is 78.4 Å². The number of nitrogens with zero attached hydrogens (tertiary/aromatic N) is 2. The van der Waals surface area contributed by atoms with Crippen LogP contribution in [-0.2, 0) is 16.0 Å². The Labute approximate surface area is 215 Å². The van der Waals surface area contributed by atoms with E-state index in [-0.39, 0.29) is 18.9 Å². The zero-order chi connectivity index (χ0) is 26.4. The summed E-state index contributed by atoms with van der Waals surface area (Å²) in [7, 11) is 4.70. The van der Waals surface area contributed by atoms with Gasteiger partial charge in [0.25, 0.3) is 5.91 Å². The molecule has 0 unspecified atom stereocenters. The quantitative estimate of drug-likeness (QED) is 0.418. The van der Waals surface area contributed by atoms with Crippen LogP contribution in [-0.4, -0.2) is 56.7 Å². The van der Waals surface area contributed by atoms with Gasteiger partial charge in [-0.25, -0.2) is 9.69 Å². The molecule has 3 aromatic rings. The highest BCUT2D eigenvalue weighted by molar-refractivity contribution is 6.22. The minimum Gasteiger partial charge on any atom is -0.497 e. The number of ether oxygens (including phenoxy) is 3. The lowest BCUT2D eigenvalue weighted by atomic mass is 10.1. The molecule has 0 spiro atoms. The van der Waals surface area contributed by atoms with E-state index in [0.717, 1.165) is 16.2 Å². The number of nitrogens with one attached hydrogen (secondary N) is 1. The Balaban J connectivity index is 1.53. The van der Waals surface area contributed by atoms with Crippen LogP contribution >= 0.6 is 0 Å². The van der Waals surface area contributed by atoms with Gasteiger partial charge in [0.15, 0.2) is 0 Å². The fraction of sp³-hybridized carbons (Fsp3) is 0.250. The van der Waals surface area contributed by atoms with Crippen molar-refractivity contribution in [1.29, 1.82) is 0 Å². The van der Waals surface area contributed by atoms with Crippen molar-refractivity contribution in [1.82, 2.24) is 4.90 Å². The Hall–Kier alpha value is -4.53. The number of anilines is 2. The molecule has 1 N–H and O–H groups in total. The Morgan fingerprint density at radius 1 is 0.784 bits per heavy atom. The Bertz CT molecular complexity index is 1240. The van der Waals surface area contributed by atoms with E-state index >= 15 is 0 Å². The molecular weight excluding hydrogens is 474 g/mol. The molecule has 0 aliphatic carbocycles. The molecular formula is C28H29N3O6. The topological polar surface area (TPSA) is 97.4 Å². The fourth-order valence-electron chi connectivity index (χ4n) is 4.16. The maximum atomic E-state index is 13.5. The third-order valence-corrected chi connectivity index (χ3v) is 6.20. The van der Waals surface area contributed by atoms with Gasteiger partial charge in [-0.2, -0.15) is 0 Å². The minimum absolute atomic E-state index is 0.175. The second kappa shape index (κ2) is 11.5. The number of hydrogen-bond acceptors (Lipinski definition) is 6. The van der Waals surface area contributed by atoms with Gasteiger partial charge in [-0.3, -0.25) is 9.59 Å². The number of amides is 4. The van der Waals surface area contributed by atoms with E-state index in [2.05, 4.69) is 5.32 Å². The number of urea groups is 1. The van der Waals surface area contributed by atoms with Gasteiger partial charge in [0.05, 0.1) is 33.4 Å². The first kappa shape index (κ1) is 25.6. The molecule has 1 heterocycles. The zero-order valence-corrected chi connectivity index (χ0v) is 21.0. The van der Waals surface area contributed by atoms with Crippen LogP contribution in [0.3, 0.4) is 0 Å². The van der Waals surface area contributed by atoms with Gasteiger partial charge in [-0.05, 0) is 72.6 Å². The van der Waals surface area contributed by atoms with Crippen LogP contribution in [0, 0.1) is 0 Å². The number of benzene rings is 3. The van der Waals surface area contributed by atoms with Crippen LogP contribution in [0.5, 0.6) is 17.2 Å². The number of carbonyl (C=O) groups excluding carboxylic acids is 3. The van der Waals surface area contributed by atoms with Crippen LogP contribution < -0.4 is 24.4 Å². The van der Waals surface area contributed by atoms with E-state index in [0.29, 0.717) is 29.3 Å². The van der Waals surface area contributed by atoms with Crippen molar-refractivity contribution in [3.63, 3.8) is 0 Å². The highest BCUT2D eigenvalue weighted by Gasteiger charge is 2.46. The molecule has 0 saturated carbocycles. The molecule has 9 heteroatoms. The fourth-order valence-corrected chi connectivity index (χ4v) is 4.16. The Morgan fingerprint density at radius 2 is 1.30 bits per heavy atom. The average molecular weight is 504 g/mol. The smallest absolute Gasteiger partial charge is 0.332 e. The number of methoxy groups -OCH3 is 3. The van der Waals surface area contributed by atoms with E-state index in [9.17, 15) is 14.4 Å². The van der Waals surface area contributed by atoms with Gasteiger partial charge in [0.2, 0.25) is 5.91 Å². The van der Waals surface area contributed by atoms with Crippen molar-refractivity contribution >= 4 is 29.2 Å². The number of carbonyl (C=O) groups is 3. The van der Waals surface area contributed by atoms with Crippen molar-refractivity contribution < 1.29 is 28.6 Å². The van der Waals surface area contributed by atoms with Gasteiger partial charge < -0.3 is 24.4 Å². The summed E-state index contributed by atoms with van der Waals surface area (Å²) in [5.74, 6) is 1.18. The summed E-state index contributed by atoms with van der Waals surface area (Å²) in [6, 6.07) is 19.6. The largest absolute Gasteiger partial charge is 0.497 e. The molecule has 37 heavy (non-hydrogen) atoms. The lowest BCUT2D eigenvalue weighted by Gasteiger charge is -2.21. The van der Waals surface area contributed by atoms with E-state index < -0.39 is 18.0 Å². The van der Waals surface area contributed by atoms with Gasteiger partial charge in [0, 0.05) is 12.2 Å². The highest BCUT2D eigenvalue weighted by Crippen LogP contribution is 2.29. The van der Waals surface area contributed by atoms with Crippen LogP contribution in [0.1, 0.15) is 12.0 Å². The summed E-state index contributed by atoms with van der Waals surface area (Å²) in [5, 5.41) is 2.80. The van der Waals surface area contributed by atoms with E-state index in [4.69, 9.17) is 14.2 Å². The predicted molar refractivity (Wildman–Crippen MR) is 139 cm³/mol. The summed E-state index contributed by atoms with van der Waals surface area (Å²) in [6.45, 7) is 0.268. The summed E-state index contributed by atoms with van der Waals surface area (Å²) in [4.78, 5) is 42.4. The first-order chi connectivity index (χ1) is 17.9. The van der Waals surface area contributed by atoms with Crippen LogP contribution in [0.15, 0.2) is 72.8 Å². The Morgan fingerprint density at radius 3 is 1.84 bits per heavy atom. The Kier molecular flexibility index (Phi) is 7.92. The van der Waals surface area contributed by atoms with E-state index in [1.807, 2.05) is 24.3 Å². The molecule has 9 nitrogen and oxygen atoms in total. The van der Waals surface area contributed by atoms with Crippen molar-refractivity contribution in [2.75, 3.05) is 38.1 Å². The predicted octanol–water partition coefficient (Wildman–Crippen LogP) is 4.12. The summed E-state index contributed by atoms with van der Waals surface area (Å²) in [6.07, 6.45) is 0.335. The third kappa shape index (κ3) is 5.83. The second-order valence-electron chi connectivity index (χ2n) is 8.44. The number of hydrogen-bond donors (Lipinski definition) is 1. The van der Waals surface area contributed by atoms with Crippen molar-refractivity contribution in [2.24, 2.45) is 0 Å². The number of imide groups is 1. The molecule has 1 atom stereocenters. The summed E-state index contributed by atoms with van der Waals surface area (Å²) < 4.78 is 15.5. The summed E-state index contributed by atoms with van der Waals surface area (Å²) in [5.41, 5.74) is 1.97. The molecule has 0 bridgehead atoms. The first-order valence-corrected chi connectivity index (χ1v) is 11.8. The van der Waals surface area contributed by atoms with Crippen LogP contribution in [0.4, 0.5) is 16.2 Å². The molecule has 0 radical (unpaired) electrons. The SMILES string of the molecule is COc1ccc(CCN2C(=O)N(c3ccc(OC)cc3)C(=O)[C@H]2CC(=O)Nc2ccc(OC)cc2)cc1. The maximum Gasteiger partial charge on any atom is 0.332 e. The maximum absolute atomic E-state index is 13.5. The molecule has 4 rings (SSSR count). The van der Waals surface area contributed by atoms with Gasteiger partial charge in [-0.1, -0.05) is 12.1 Å². The molecule has 0 aromatic heterocycles. The van der Waals surface area contributed by atoms with Gasteiger partial charge in [0.1, 0.15) is 23.3 Å². The first-order valence-electron chi connectivity index (χ1n) is 11.8. The number of rotatable bonds is 10. The van der Waals surface area contributed by atoms with E-state index in [1.165, 1.54) is 4.90 Å².